The van der Waals surface area contributed by atoms with Crippen LogP contribution in [0.4, 0.5) is 9.18 Å². The normalized spacial score (nSPS) is 17.2. The fourth-order valence-corrected chi connectivity index (χ4v) is 3.45. The van der Waals surface area contributed by atoms with Gasteiger partial charge in [-0.15, -0.1) is 0 Å². The number of fused-ring (bicyclic) bond motifs is 1. The van der Waals surface area contributed by atoms with E-state index in [9.17, 15) is 9.18 Å². The van der Waals surface area contributed by atoms with Gasteiger partial charge in [-0.05, 0) is 56.7 Å². The van der Waals surface area contributed by atoms with Crippen molar-refractivity contribution in [2.24, 2.45) is 5.16 Å². The highest BCUT2D eigenvalue weighted by Gasteiger charge is 2.29. The fourth-order valence-electron chi connectivity index (χ4n) is 3.45. The molecule has 0 radical (unpaired) electrons. The largest absolute Gasteiger partial charge is 0.454 e. The van der Waals surface area contributed by atoms with Crippen LogP contribution in [-0.2, 0) is 11.4 Å². The third-order valence-electron chi connectivity index (χ3n) is 4.92. The van der Waals surface area contributed by atoms with E-state index < -0.39 is 0 Å². The minimum Gasteiger partial charge on any atom is -0.454 e. The summed E-state index contributed by atoms with van der Waals surface area (Å²) in [5.74, 6) is 1.09. The first-order valence-corrected chi connectivity index (χ1v) is 10.2. The molecule has 0 bridgehead atoms. The summed E-state index contributed by atoms with van der Waals surface area (Å²) in [4.78, 5) is 20.2. The number of oxime groups is 1. The predicted molar refractivity (Wildman–Crippen MR) is 114 cm³/mol. The average Bonchev–Trinajstić information content (AvgIpc) is 3.36. The van der Waals surface area contributed by atoms with Gasteiger partial charge in [0.1, 0.15) is 5.82 Å². The van der Waals surface area contributed by atoms with Crippen LogP contribution in [0.1, 0.15) is 38.3 Å². The van der Waals surface area contributed by atoms with Crippen molar-refractivity contribution in [1.82, 2.24) is 10.2 Å². The van der Waals surface area contributed by atoms with E-state index in [1.807, 2.05) is 39.0 Å². The number of hydrogen-bond donors (Lipinski definition) is 1. The Balaban J connectivity index is 1.44. The third-order valence-corrected chi connectivity index (χ3v) is 4.92. The number of rotatable bonds is 5. The van der Waals surface area contributed by atoms with Crippen molar-refractivity contribution >= 4 is 11.7 Å². The summed E-state index contributed by atoms with van der Waals surface area (Å²) >= 11 is 0. The van der Waals surface area contributed by atoms with E-state index in [2.05, 4.69) is 10.5 Å². The van der Waals surface area contributed by atoms with Gasteiger partial charge in [-0.2, -0.15) is 0 Å². The molecule has 2 amide bonds. The van der Waals surface area contributed by atoms with Crippen LogP contribution in [0.25, 0.3) is 0 Å². The van der Waals surface area contributed by atoms with Crippen molar-refractivity contribution in [1.29, 1.82) is 0 Å². The lowest BCUT2D eigenvalue weighted by molar-refractivity contribution is 0.0580. The standard InChI is InChI=1S/C23H26FN3O4/c1-23(2,3)25-22(28)27(12-15-4-7-17(24)8-5-15)13-18-11-19(26-31-18)16-6-9-20-21(10-16)30-14-29-20/h4-10,18H,11-14H2,1-3H3,(H,25,28)/t18-/m0/s1. The molecule has 31 heavy (non-hydrogen) atoms. The second-order valence-corrected chi connectivity index (χ2v) is 8.72. The Morgan fingerprint density at radius 1 is 1.16 bits per heavy atom. The Morgan fingerprint density at radius 3 is 2.65 bits per heavy atom. The van der Waals surface area contributed by atoms with Crippen LogP contribution in [0.3, 0.4) is 0 Å². The van der Waals surface area contributed by atoms with Gasteiger partial charge in [-0.25, -0.2) is 9.18 Å². The van der Waals surface area contributed by atoms with Crippen molar-refractivity contribution in [3.8, 4) is 11.5 Å². The molecule has 4 rings (SSSR count). The van der Waals surface area contributed by atoms with Crippen LogP contribution < -0.4 is 14.8 Å². The number of halogens is 1. The Kier molecular flexibility index (Phi) is 5.71. The summed E-state index contributed by atoms with van der Waals surface area (Å²) in [6, 6.07) is 11.6. The quantitative estimate of drug-likeness (QED) is 0.781. The van der Waals surface area contributed by atoms with E-state index in [1.165, 1.54) is 12.1 Å². The highest BCUT2D eigenvalue weighted by atomic mass is 19.1. The second kappa shape index (κ2) is 8.45. The molecule has 0 unspecified atom stereocenters. The van der Waals surface area contributed by atoms with Crippen LogP contribution in [-0.4, -0.2) is 41.6 Å². The van der Waals surface area contributed by atoms with E-state index in [-0.39, 0.29) is 30.3 Å². The molecule has 2 aliphatic rings. The predicted octanol–water partition coefficient (Wildman–Crippen LogP) is 4.06. The van der Waals surface area contributed by atoms with Crippen molar-refractivity contribution in [2.45, 2.75) is 45.4 Å². The van der Waals surface area contributed by atoms with Crippen molar-refractivity contribution in [3.05, 3.63) is 59.4 Å². The maximum absolute atomic E-state index is 13.3. The monoisotopic (exact) mass is 427 g/mol. The van der Waals surface area contributed by atoms with Crippen molar-refractivity contribution in [2.75, 3.05) is 13.3 Å². The zero-order valence-corrected chi connectivity index (χ0v) is 17.9. The number of benzene rings is 2. The Labute approximate surface area is 180 Å². The summed E-state index contributed by atoms with van der Waals surface area (Å²) in [7, 11) is 0. The van der Waals surface area contributed by atoms with Crippen molar-refractivity contribution in [3.63, 3.8) is 0 Å². The molecule has 164 valence electrons. The van der Waals surface area contributed by atoms with Gasteiger partial charge >= 0.3 is 6.03 Å². The van der Waals surface area contributed by atoms with Crippen LogP contribution >= 0.6 is 0 Å². The molecule has 2 aliphatic heterocycles. The fraction of sp³-hybridized carbons (Fsp3) is 0.391. The number of hydrogen-bond acceptors (Lipinski definition) is 5. The maximum Gasteiger partial charge on any atom is 0.318 e. The van der Waals surface area contributed by atoms with E-state index >= 15 is 0 Å². The molecule has 2 aromatic rings. The first-order valence-electron chi connectivity index (χ1n) is 10.2. The molecule has 8 heteroatoms. The molecule has 0 fully saturated rings. The Hall–Kier alpha value is -3.29. The number of nitrogens with one attached hydrogen (secondary N) is 1. The molecule has 0 aliphatic carbocycles. The number of carbonyl (C=O) groups is 1. The number of urea groups is 1. The van der Waals surface area contributed by atoms with Gasteiger partial charge in [0.25, 0.3) is 0 Å². The molecule has 0 aromatic heterocycles. The molecule has 1 atom stereocenters. The van der Waals surface area contributed by atoms with E-state index in [0.29, 0.717) is 31.0 Å². The first kappa shape index (κ1) is 21.0. The molecule has 2 aromatic carbocycles. The smallest absolute Gasteiger partial charge is 0.318 e. The Bertz CT molecular complexity index is 985. The first-order chi connectivity index (χ1) is 14.8. The van der Waals surface area contributed by atoms with Crippen molar-refractivity contribution < 1.29 is 23.5 Å². The second-order valence-electron chi connectivity index (χ2n) is 8.72. The van der Waals surface area contributed by atoms with E-state index in [1.54, 1.807) is 17.0 Å². The summed E-state index contributed by atoms with van der Waals surface area (Å²) in [5.41, 5.74) is 2.14. The number of amides is 2. The topological polar surface area (TPSA) is 72.4 Å². The average molecular weight is 427 g/mol. The van der Waals surface area contributed by atoms with Gasteiger partial charge in [-0.3, -0.25) is 0 Å². The number of ether oxygens (including phenoxy) is 2. The van der Waals surface area contributed by atoms with Crippen LogP contribution in [0.5, 0.6) is 11.5 Å². The van der Waals surface area contributed by atoms with E-state index in [4.69, 9.17) is 14.3 Å². The highest BCUT2D eigenvalue weighted by Crippen LogP contribution is 2.33. The third kappa shape index (κ3) is 5.25. The lowest BCUT2D eigenvalue weighted by atomic mass is 10.0. The van der Waals surface area contributed by atoms with Crippen LogP contribution in [0.2, 0.25) is 0 Å². The maximum atomic E-state index is 13.3. The summed E-state index contributed by atoms with van der Waals surface area (Å²) in [6.45, 7) is 6.67. The van der Waals surface area contributed by atoms with Crippen LogP contribution in [0.15, 0.2) is 47.6 Å². The zero-order chi connectivity index (χ0) is 22.0. The molecule has 1 N–H and O–H groups in total. The van der Waals surface area contributed by atoms with Gasteiger partial charge in [-0.1, -0.05) is 17.3 Å². The molecular formula is C23H26FN3O4. The highest BCUT2D eigenvalue weighted by molar-refractivity contribution is 6.01. The minimum atomic E-state index is -0.386. The molecule has 0 saturated heterocycles. The summed E-state index contributed by atoms with van der Waals surface area (Å²) < 4.78 is 24.1. The molecule has 0 spiro atoms. The molecular weight excluding hydrogens is 401 g/mol. The molecule has 7 nitrogen and oxygen atoms in total. The van der Waals surface area contributed by atoms with Gasteiger partial charge in [0.2, 0.25) is 6.79 Å². The number of carbonyl (C=O) groups excluding carboxylic acids is 1. The lowest BCUT2D eigenvalue weighted by Gasteiger charge is -2.29. The SMILES string of the molecule is CC(C)(C)NC(=O)N(Cc1ccc(F)cc1)C[C@@H]1CC(c2ccc3c(c2)OCO3)=NO1. The lowest BCUT2D eigenvalue weighted by Crippen LogP contribution is -2.50. The van der Waals surface area contributed by atoms with Gasteiger partial charge < -0.3 is 24.5 Å². The Morgan fingerprint density at radius 2 is 1.90 bits per heavy atom. The molecule has 2 heterocycles. The summed E-state index contributed by atoms with van der Waals surface area (Å²) in [5, 5.41) is 7.22. The minimum absolute atomic E-state index is 0.211. The van der Waals surface area contributed by atoms with Gasteiger partial charge in [0.15, 0.2) is 17.6 Å². The summed E-state index contributed by atoms with van der Waals surface area (Å²) in [6.07, 6.45) is 0.272. The van der Waals surface area contributed by atoms with Gasteiger partial charge in [0.05, 0.1) is 12.3 Å². The van der Waals surface area contributed by atoms with E-state index in [0.717, 1.165) is 16.8 Å². The molecule has 0 saturated carbocycles. The number of nitrogens with zero attached hydrogens (tertiary/aromatic N) is 2. The van der Waals surface area contributed by atoms with Gasteiger partial charge in [0, 0.05) is 24.1 Å². The van der Waals surface area contributed by atoms with Crippen LogP contribution in [0, 0.1) is 5.82 Å². The zero-order valence-electron chi connectivity index (χ0n) is 17.9.